The number of aliphatic imine (C=N–C) groups is 1. The number of azide groups is 1. The largest absolute Gasteiger partial charge is 0.494 e. The summed E-state index contributed by atoms with van der Waals surface area (Å²) in [4.78, 5) is 22.4. The highest BCUT2D eigenvalue weighted by molar-refractivity contribution is 6.35. The van der Waals surface area contributed by atoms with Crippen LogP contribution in [0.2, 0.25) is 10.0 Å². The van der Waals surface area contributed by atoms with E-state index in [1.165, 1.54) is 0 Å². The molecule has 0 saturated carbocycles. The highest BCUT2D eigenvalue weighted by Gasteiger charge is 2.53. The van der Waals surface area contributed by atoms with Gasteiger partial charge < -0.3 is 19.9 Å². The smallest absolute Gasteiger partial charge is 0.252 e. The summed E-state index contributed by atoms with van der Waals surface area (Å²) in [5.41, 5.74) is 10.8. The van der Waals surface area contributed by atoms with Gasteiger partial charge in [0.25, 0.3) is 5.91 Å². The van der Waals surface area contributed by atoms with Crippen LogP contribution in [-0.2, 0) is 22.5 Å². The van der Waals surface area contributed by atoms with Gasteiger partial charge in [-0.2, -0.15) is 0 Å². The first kappa shape index (κ1) is 30.9. The van der Waals surface area contributed by atoms with Gasteiger partial charge >= 0.3 is 0 Å². The van der Waals surface area contributed by atoms with Crippen LogP contribution in [0.4, 0.5) is 5.69 Å². The fourth-order valence-corrected chi connectivity index (χ4v) is 5.48. The molecule has 0 fully saturated rings. The summed E-state index contributed by atoms with van der Waals surface area (Å²) in [5.74, 6) is 0.515. The number of hydrogen-bond donors (Lipinski definition) is 2. The predicted octanol–water partition coefficient (Wildman–Crippen LogP) is 7.51. The van der Waals surface area contributed by atoms with Crippen molar-refractivity contribution in [1.29, 1.82) is 0 Å². The Labute approximate surface area is 264 Å². The van der Waals surface area contributed by atoms with Crippen molar-refractivity contribution < 1.29 is 19.4 Å². The number of aliphatic hydroxyl groups excluding tert-OH is 1. The lowest BCUT2D eigenvalue weighted by atomic mass is 9.81. The van der Waals surface area contributed by atoms with Crippen molar-refractivity contribution in [3.8, 4) is 5.75 Å². The third-order valence-electron chi connectivity index (χ3n) is 7.19. The van der Waals surface area contributed by atoms with Gasteiger partial charge in [0.1, 0.15) is 5.75 Å². The third kappa shape index (κ3) is 6.98. The van der Waals surface area contributed by atoms with Crippen LogP contribution in [-0.4, -0.2) is 35.7 Å². The average Bonchev–Trinajstić information content (AvgIpc) is 3.43. The Bertz CT molecular complexity index is 1690. The van der Waals surface area contributed by atoms with Crippen LogP contribution in [0.3, 0.4) is 0 Å². The minimum atomic E-state index is -1.49. The Morgan fingerprint density at radius 2 is 1.77 bits per heavy atom. The van der Waals surface area contributed by atoms with Crippen LogP contribution in [0.5, 0.6) is 5.75 Å². The van der Waals surface area contributed by atoms with E-state index in [1.807, 2.05) is 54.6 Å². The second kappa shape index (κ2) is 14.3. The van der Waals surface area contributed by atoms with E-state index in [4.69, 9.17) is 42.8 Å². The Balaban J connectivity index is 1.58. The number of carbonyl (C=O) groups excluding carboxylic acids is 1. The van der Waals surface area contributed by atoms with Gasteiger partial charge in [0.15, 0.2) is 11.6 Å². The van der Waals surface area contributed by atoms with Crippen molar-refractivity contribution in [3.63, 3.8) is 0 Å². The van der Waals surface area contributed by atoms with E-state index in [1.54, 1.807) is 42.5 Å². The topological polar surface area (TPSA) is 129 Å². The van der Waals surface area contributed by atoms with Crippen LogP contribution in [0.1, 0.15) is 34.8 Å². The minimum absolute atomic E-state index is 0.0424. The molecule has 0 spiro atoms. The number of amides is 1. The molecular formula is C33H29Cl2N5O4. The number of halogens is 2. The van der Waals surface area contributed by atoms with Crippen molar-refractivity contribution in [1.82, 2.24) is 5.32 Å². The van der Waals surface area contributed by atoms with E-state index in [-0.39, 0.29) is 25.5 Å². The standard InChI is InChI=1S/C33H29Cl2N5O4/c34-26-14-11-25(28(35)19-26)21-37-32(42)33(20-24-9-4-5-10-29(24)39-40-36)30(22-7-2-1-3-8-22)44-31(38-33)23-12-15-27(16-13-23)43-18-6-17-41/h1-5,7-16,19,30,41H,6,17-18,20-21H2,(H,37,42)/t30-,33-/m1/s1. The molecule has 0 saturated heterocycles. The summed E-state index contributed by atoms with van der Waals surface area (Å²) < 4.78 is 12.2. The monoisotopic (exact) mass is 629 g/mol. The summed E-state index contributed by atoms with van der Waals surface area (Å²) in [6.45, 7) is 0.552. The fraction of sp³-hybridized carbons (Fsp3) is 0.212. The van der Waals surface area contributed by atoms with E-state index in [0.29, 0.717) is 51.2 Å². The second-order valence-corrected chi connectivity index (χ2v) is 11.0. The van der Waals surface area contributed by atoms with Gasteiger partial charge in [-0.15, -0.1) is 0 Å². The average molecular weight is 631 g/mol. The molecule has 224 valence electrons. The zero-order valence-electron chi connectivity index (χ0n) is 23.6. The zero-order valence-corrected chi connectivity index (χ0v) is 25.1. The molecular weight excluding hydrogens is 601 g/mol. The number of aliphatic hydroxyl groups is 1. The first-order valence-electron chi connectivity index (χ1n) is 13.9. The first-order chi connectivity index (χ1) is 21.4. The van der Waals surface area contributed by atoms with Crippen LogP contribution in [0, 0.1) is 0 Å². The maximum absolute atomic E-state index is 14.4. The summed E-state index contributed by atoms with van der Waals surface area (Å²) in [5, 5.41) is 16.9. The molecule has 4 aromatic rings. The van der Waals surface area contributed by atoms with Crippen molar-refractivity contribution in [2.75, 3.05) is 13.2 Å². The summed E-state index contributed by atoms with van der Waals surface area (Å²) in [6, 6.07) is 28.8. The molecule has 4 aromatic carbocycles. The van der Waals surface area contributed by atoms with Gasteiger partial charge in [-0.1, -0.05) is 89.0 Å². The number of rotatable bonds is 12. The highest BCUT2D eigenvalue weighted by Crippen LogP contribution is 2.43. The number of hydrogen-bond acceptors (Lipinski definition) is 6. The molecule has 1 aliphatic heterocycles. The molecule has 44 heavy (non-hydrogen) atoms. The second-order valence-electron chi connectivity index (χ2n) is 10.1. The molecule has 0 bridgehead atoms. The lowest BCUT2D eigenvalue weighted by Gasteiger charge is -2.31. The number of nitrogens with zero attached hydrogens (tertiary/aromatic N) is 4. The molecule has 11 heteroatoms. The minimum Gasteiger partial charge on any atom is -0.494 e. The molecule has 1 aliphatic rings. The fourth-order valence-electron chi connectivity index (χ4n) is 5.00. The zero-order chi connectivity index (χ0) is 30.9. The number of nitrogens with one attached hydrogen (secondary N) is 1. The summed E-state index contributed by atoms with van der Waals surface area (Å²) >= 11 is 12.5. The molecule has 2 atom stereocenters. The van der Waals surface area contributed by atoms with Crippen LogP contribution >= 0.6 is 23.2 Å². The van der Waals surface area contributed by atoms with Gasteiger partial charge in [-0.3, -0.25) is 4.79 Å². The van der Waals surface area contributed by atoms with E-state index < -0.39 is 17.6 Å². The molecule has 9 nitrogen and oxygen atoms in total. The highest BCUT2D eigenvalue weighted by atomic mass is 35.5. The molecule has 0 radical (unpaired) electrons. The van der Waals surface area contributed by atoms with Crippen molar-refractivity contribution in [3.05, 3.63) is 140 Å². The van der Waals surface area contributed by atoms with Gasteiger partial charge in [-0.05, 0) is 58.6 Å². The SMILES string of the molecule is [N-]=[N+]=Nc1ccccc1C[C@@]1(C(=O)NCc2ccc(Cl)cc2Cl)N=C(c2ccc(OCCCO)cc2)O[C@@H]1c1ccccc1. The van der Waals surface area contributed by atoms with Crippen LogP contribution in [0.15, 0.2) is 107 Å². The number of carbonyl (C=O) groups is 1. The molecule has 0 unspecified atom stereocenters. The normalized spacial score (nSPS) is 17.2. The van der Waals surface area contributed by atoms with E-state index in [0.717, 1.165) is 5.56 Å². The van der Waals surface area contributed by atoms with Crippen molar-refractivity contribution >= 4 is 40.7 Å². The number of ether oxygens (including phenoxy) is 2. The van der Waals surface area contributed by atoms with E-state index >= 15 is 0 Å². The van der Waals surface area contributed by atoms with E-state index in [9.17, 15) is 10.3 Å². The number of benzene rings is 4. The quantitative estimate of drug-likeness (QED) is 0.0726. The molecule has 5 rings (SSSR count). The molecule has 1 heterocycles. The summed E-state index contributed by atoms with van der Waals surface area (Å²) in [7, 11) is 0. The Kier molecular flexibility index (Phi) is 10.0. The first-order valence-corrected chi connectivity index (χ1v) is 14.7. The Morgan fingerprint density at radius 3 is 2.50 bits per heavy atom. The van der Waals surface area contributed by atoms with E-state index in [2.05, 4.69) is 15.3 Å². The summed E-state index contributed by atoms with van der Waals surface area (Å²) in [6.07, 6.45) is -0.223. The lowest BCUT2D eigenvalue weighted by Crippen LogP contribution is -2.49. The van der Waals surface area contributed by atoms with Crippen LogP contribution < -0.4 is 10.1 Å². The van der Waals surface area contributed by atoms with Gasteiger partial charge in [0.05, 0.1) is 6.61 Å². The molecule has 1 amide bonds. The van der Waals surface area contributed by atoms with Gasteiger partial charge in [0, 0.05) is 52.2 Å². The molecule has 0 aliphatic carbocycles. The van der Waals surface area contributed by atoms with Gasteiger partial charge in [0.2, 0.25) is 5.90 Å². The van der Waals surface area contributed by atoms with Crippen molar-refractivity contribution in [2.24, 2.45) is 10.1 Å². The Morgan fingerprint density at radius 1 is 1.02 bits per heavy atom. The van der Waals surface area contributed by atoms with Crippen molar-refractivity contribution in [2.45, 2.75) is 31.0 Å². The third-order valence-corrected chi connectivity index (χ3v) is 7.78. The lowest BCUT2D eigenvalue weighted by molar-refractivity contribution is -0.129. The maximum Gasteiger partial charge on any atom is 0.252 e. The van der Waals surface area contributed by atoms with Gasteiger partial charge in [-0.25, -0.2) is 4.99 Å². The van der Waals surface area contributed by atoms with Crippen LogP contribution in [0.25, 0.3) is 10.4 Å². The maximum atomic E-state index is 14.4. The molecule has 2 N–H and O–H groups in total. The predicted molar refractivity (Wildman–Crippen MR) is 170 cm³/mol. The Hall–Kier alpha value is -4.53. The molecule has 0 aromatic heterocycles.